The molecule has 1 saturated heterocycles. The maximum atomic E-state index is 11.0. The molecule has 0 bridgehead atoms. The van der Waals surface area contributed by atoms with E-state index in [9.17, 15) is 4.79 Å². The summed E-state index contributed by atoms with van der Waals surface area (Å²) in [5, 5.41) is 0. The van der Waals surface area contributed by atoms with E-state index in [0.29, 0.717) is 12.5 Å². The lowest BCUT2D eigenvalue weighted by Gasteiger charge is -2.13. The Morgan fingerprint density at radius 2 is 2.25 bits per heavy atom. The highest BCUT2D eigenvalue weighted by molar-refractivity contribution is 5.77. The first-order valence-corrected chi connectivity index (χ1v) is 4.82. The van der Waals surface area contributed by atoms with E-state index in [2.05, 4.69) is 0 Å². The molecule has 0 atom stereocenters. The minimum Gasteiger partial charge on any atom is -0.343 e. The molecule has 12 heavy (non-hydrogen) atoms. The molecule has 3 heteroatoms. The molecule has 2 N–H and O–H groups in total. The predicted octanol–water partition coefficient (Wildman–Crippen LogP) is 1.23. The van der Waals surface area contributed by atoms with Gasteiger partial charge in [0, 0.05) is 20.9 Å². The van der Waals surface area contributed by atoms with E-state index in [1.165, 1.54) is 0 Å². The van der Waals surface area contributed by atoms with Crippen LogP contribution in [-0.4, -0.2) is 30.4 Å². The van der Waals surface area contributed by atoms with Crippen LogP contribution in [0.2, 0.25) is 0 Å². The molecule has 1 fully saturated rings. The Hall–Kier alpha value is -0.570. The number of carbonyl (C=O) groups is 1. The molecule has 0 saturated carbocycles. The van der Waals surface area contributed by atoms with Crippen LogP contribution in [0, 0.1) is 0 Å². The smallest absolute Gasteiger partial charge is 0.222 e. The topological polar surface area (TPSA) is 46.3 Å². The molecule has 1 rings (SSSR count). The van der Waals surface area contributed by atoms with Crippen molar-refractivity contribution in [2.45, 2.75) is 33.1 Å². The quantitative estimate of drug-likeness (QED) is 0.699. The van der Waals surface area contributed by atoms with Crippen LogP contribution < -0.4 is 5.73 Å². The number of nitrogens with zero attached hydrogens (tertiary/aromatic N) is 1. The molecule has 0 aromatic carbocycles. The first-order valence-electron chi connectivity index (χ1n) is 4.82. The Balaban J connectivity index is 0. The fourth-order valence-electron chi connectivity index (χ4n) is 1.22. The molecule has 1 heterocycles. The molecule has 1 aliphatic heterocycles. The third kappa shape index (κ3) is 3.72. The lowest BCUT2D eigenvalue weighted by atomic mass is 10.4. The molecule has 74 valence electrons. The number of nitrogens with two attached hydrogens (primary N) is 1. The molecule has 0 aliphatic carbocycles. The Kier molecular flexibility index (Phi) is 6.76. The lowest BCUT2D eigenvalue weighted by Crippen LogP contribution is -2.27. The summed E-state index contributed by atoms with van der Waals surface area (Å²) in [6.45, 7) is 6.48. The van der Waals surface area contributed by atoms with Crippen LogP contribution in [0.5, 0.6) is 0 Å². The highest BCUT2D eigenvalue weighted by atomic mass is 16.2. The van der Waals surface area contributed by atoms with Crippen LogP contribution >= 0.6 is 0 Å². The van der Waals surface area contributed by atoms with Gasteiger partial charge in [-0.3, -0.25) is 4.79 Å². The average Bonchev–Trinajstić information content (AvgIpc) is 2.51. The number of carbonyl (C=O) groups excluding carboxylic acids is 1. The molecular formula is C9H22N2O. The Morgan fingerprint density at radius 1 is 1.58 bits per heavy atom. The minimum atomic E-state index is 0. The molecule has 0 unspecified atom stereocenters. The first-order chi connectivity index (χ1) is 5.84. The molecule has 3 nitrogen and oxygen atoms in total. The van der Waals surface area contributed by atoms with Gasteiger partial charge in [-0.15, -0.1) is 0 Å². The Bertz CT molecular complexity index is 131. The third-order valence-corrected chi connectivity index (χ3v) is 1.80. The molecule has 0 spiro atoms. The summed E-state index contributed by atoms with van der Waals surface area (Å²) >= 11 is 0. The van der Waals surface area contributed by atoms with Crippen LogP contribution in [0.3, 0.4) is 0 Å². The van der Waals surface area contributed by atoms with Gasteiger partial charge in [0.1, 0.15) is 0 Å². The molecule has 0 radical (unpaired) electrons. The minimum absolute atomic E-state index is 0. The van der Waals surface area contributed by atoms with E-state index < -0.39 is 0 Å². The summed E-state index contributed by atoms with van der Waals surface area (Å²) in [5.74, 6) is 0.299. The van der Waals surface area contributed by atoms with Crippen molar-refractivity contribution in [1.82, 2.24) is 4.90 Å². The van der Waals surface area contributed by atoms with Gasteiger partial charge in [-0.05, 0) is 19.4 Å². The maximum Gasteiger partial charge on any atom is 0.222 e. The van der Waals surface area contributed by atoms with Gasteiger partial charge in [-0.25, -0.2) is 0 Å². The zero-order valence-electron chi connectivity index (χ0n) is 8.18. The van der Waals surface area contributed by atoms with Gasteiger partial charge in [-0.1, -0.05) is 13.8 Å². The van der Waals surface area contributed by atoms with Gasteiger partial charge in [0.15, 0.2) is 0 Å². The van der Waals surface area contributed by atoms with Crippen molar-refractivity contribution < 1.29 is 6.22 Å². The van der Waals surface area contributed by atoms with E-state index in [0.717, 1.165) is 32.4 Å². The number of hydrogen-bond acceptors (Lipinski definition) is 2. The normalized spacial score (nSPS) is 15.9. The van der Waals surface area contributed by atoms with E-state index in [1.54, 1.807) is 0 Å². The first kappa shape index (κ1) is 11.4. The summed E-state index contributed by atoms with van der Waals surface area (Å²) in [6, 6.07) is 0. The molecule has 1 amide bonds. The fraction of sp³-hybridized carbons (Fsp3) is 0.889. The van der Waals surface area contributed by atoms with Crippen molar-refractivity contribution in [2.24, 2.45) is 5.73 Å². The van der Waals surface area contributed by atoms with Crippen LogP contribution in [-0.2, 0) is 4.79 Å². The summed E-state index contributed by atoms with van der Waals surface area (Å²) in [5.41, 5.74) is 5.31. The summed E-state index contributed by atoms with van der Waals surface area (Å²) in [4.78, 5) is 12.9. The summed E-state index contributed by atoms with van der Waals surface area (Å²) in [6.07, 6.45) is 2.71. The predicted molar refractivity (Wildman–Crippen MR) is 52.9 cm³/mol. The van der Waals surface area contributed by atoms with Gasteiger partial charge < -0.3 is 10.6 Å². The Labute approximate surface area is 76.4 Å². The van der Waals surface area contributed by atoms with Crippen LogP contribution in [0.25, 0.3) is 0 Å². The summed E-state index contributed by atoms with van der Waals surface area (Å²) in [7, 11) is 0. The van der Waals surface area contributed by atoms with E-state index >= 15 is 0 Å². The second-order valence-corrected chi connectivity index (χ2v) is 2.63. The van der Waals surface area contributed by atoms with Crippen molar-refractivity contribution in [3.8, 4) is 0 Å². The maximum absolute atomic E-state index is 11.0. The number of amides is 1. The van der Waals surface area contributed by atoms with Crippen LogP contribution in [0.15, 0.2) is 0 Å². The van der Waals surface area contributed by atoms with Gasteiger partial charge in [-0.2, -0.15) is 0 Å². The molecular weight excluding hydrogens is 152 g/mol. The molecule has 0 aromatic rings. The summed E-state index contributed by atoms with van der Waals surface area (Å²) < 4.78 is 0. The van der Waals surface area contributed by atoms with Gasteiger partial charge in [0.05, 0.1) is 0 Å². The highest BCUT2D eigenvalue weighted by Crippen LogP contribution is 2.08. The van der Waals surface area contributed by atoms with Crippen LogP contribution in [0.1, 0.15) is 34.5 Å². The van der Waals surface area contributed by atoms with Crippen molar-refractivity contribution in [3.63, 3.8) is 0 Å². The second-order valence-electron chi connectivity index (χ2n) is 2.63. The second kappa shape index (κ2) is 7.10. The third-order valence-electron chi connectivity index (χ3n) is 1.80. The van der Waals surface area contributed by atoms with Crippen LogP contribution in [0.4, 0.5) is 0 Å². The number of rotatable bonds is 3. The van der Waals surface area contributed by atoms with E-state index in [4.69, 9.17) is 5.73 Å². The average molecular weight is 174 g/mol. The SMILES string of the molecule is CC.NCCCN1CCCC1=O.[HH]. The lowest BCUT2D eigenvalue weighted by molar-refractivity contribution is -0.127. The monoisotopic (exact) mass is 174 g/mol. The van der Waals surface area contributed by atoms with E-state index in [-0.39, 0.29) is 1.43 Å². The zero-order valence-corrected chi connectivity index (χ0v) is 8.18. The number of likely N-dealkylation sites (tertiary alicyclic amines) is 1. The van der Waals surface area contributed by atoms with Crippen molar-refractivity contribution in [3.05, 3.63) is 0 Å². The van der Waals surface area contributed by atoms with Gasteiger partial charge >= 0.3 is 0 Å². The fourth-order valence-corrected chi connectivity index (χ4v) is 1.22. The highest BCUT2D eigenvalue weighted by Gasteiger charge is 2.18. The standard InChI is InChI=1S/C7H14N2O.C2H6.H2/c8-4-2-6-9-5-1-3-7(9)10;1-2;/h1-6,8H2;1-2H3;1H. The zero-order chi connectivity index (χ0) is 9.40. The Morgan fingerprint density at radius 3 is 2.67 bits per heavy atom. The van der Waals surface area contributed by atoms with Crippen molar-refractivity contribution >= 4 is 5.91 Å². The van der Waals surface area contributed by atoms with Crippen molar-refractivity contribution in [1.29, 1.82) is 0 Å². The van der Waals surface area contributed by atoms with Gasteiger partial charge in [0.2, 0.25) is 5.91 Å². The number of hydrogen-bond donors (Lipinski definition) is 1. The van der Waals surface area contributed by atoms with Gasteiger partial charge in [0.25, 0.3) is 0 Å². The van der Waals surface area contributed by atoms with E-state index in [1.807, 2.05) is 18.7 Å². The molecule has 1 aliphatic rings. The molecule has 0 aromatic heterocycles. The largest absolute Gasteiger partial charge is 0.343 e. The van der Waals surface area contributed by atoms with Crippen molar-refractivity contribution in [2.75, 3.05) is 19.6 Å².